The number of carboxylic acid groups (broad SMARTS) is 2. The van der Waals surface area contributed by atoms with Crippen molar-refractivity contribution in [2.24, 2.45) is 0 Å². The Morgan fingerprint density at radius 2 is 2.10 bits per heavy atom. The number of rotatable bonds is 7. The molecule has 9 heteroatoms. The number of aryl methyl sites for hydroxylation is 1. The minimum atomic E-state index is -1.46. The summed E-state index contributed by atoms with van der Waals surface area (Å²) in [5.74, 6) is -2.70. The highest BCUT2D eigenvalue weighted by Gasteiger charge is 2.22. The monoisotopic (exact) mass is 301 g/mol. The molecular formula is C11H15N3O5S. The maximum Gasteiger partial charge on any atom is 0.326 e. The van der Waals surface area contributed by atoms with Crippen LogP contribution in [0.25, 0.3) is 0 Å². The summed E-state index contributed by atoms with van der Waals surface area (Å²) in [6.07, 6.45) is 1.88. The van der Waals surface area contributed by atoms with E-state index in [-0.39, 0.29) is 6.54 Å². The molecule has 0 bridgehead atoms. The van der Waals surface area contributed by atoms with Gasteiger partial charge in [0, 0.05) is 11.1 Å². The number of carbonyl (C=O) groups excluding carboxylic acids is 1. The van der Waals surface area contributed by atoms with E-state index < -0.39 is 30.4 Å². The normalized spacial score (nSPS) is 11.7. The fourth-order valence-corrected chi connectivity index (χ4v) is 2.14. The molecule has 1 aromatic heterocycles. The van der Waals surface area contributed by atoms with Crippen LogP contribution in [0, 0.1) is 0 Å². The van der Waals surface area contributed by atoms with Crippen LogP contribution in [0.2, 0.25) is 0 Å². The molecule has 0 radical (unpaired) electrons. The quantitative estimate of drug-likeness (QED) is 0.578. The van der Waals surface area contributed by atoms with E-state index in [2.05, 4.69) is 15.6 Å². The highest BCUT2D eigenvalue weighted by Crippen LogP contribution is 2.12. The molecule has 1 unspecified atom stereocenters. The number of thiazole rings is 1. The molecule has 1 aromatic rings. The van der Waals surface area contributed by atoms with Gasteiger partial charge in [0.1, 0.15) is 11.0 Å². The van der Waals surface area contributed by atoms with Crippen LogP contribution >= 0.6 is 11.3 Å². The van der Waals surface area contributed by atoms with Gasteiger partial charge in [-0.3, -0.25) is 4.79 Å². The average Bonchev–Trinajstić information content (AvgIpc) is 2.83. The van der Waals surface area contributed by atoms with Crippen LogP contribution in [0.1, 0.15) is 23.2 Å². The summed E-state index contributed by atoms with van der Waals surface area (Å²) in [7, 11) is 0. The Balaban J connectivity index is 2.45. The Morgan fingerprint density at radius 3 is 2.60 bits per heavy atom. The van der Waals surface area contributed by atoms with Crippen molar-refractivity contribution in [3.63, 3.8) is 0 Å². The fourth-order valence-electron chi connectivity index (χ4n) is 1.33. The predicted molar refractivity (Wildman–Crippen MR) is 70.5 cm³/mol. The Kier molecular flexibility index (Phi) is 5.91. The summed E-state index contributed by atoms with van der Waals surface area (Å²) >= 11 is 1.45. The number of carboxylic acids is 2. The fraction of sp³-hybridized carbons (Fsp3) is 0.455. The first-order valence-corrected chi connectivity index (χ1v) is 6.66. The van der Waals surface area contributed by atoms with E-state index >= 15 is 0 Å². The van der Waals surface area contributed by atoms with Crippen molar-refractivity contribution in [2.45, 2.75) is 32.4 Å². The van der Waals surface area contributed by atoms with Crippen molar-refractivity contribution in [1.29, 1.82) is 0 Å². The molecular weight excluding hydrogens is 286 g/mol. The summed E-state index contributed by atoms with van der Waals surface area (Å²) in [4.78, 5) is 37.9. The summed E-state index contributed by atoms with van der Waals surface area (Å²) in [5.41, 5.74) is 0. The highest BCUT2D eigenvalue weighted by atomic mass is 32.1. The summed E-state index contributed by atoms with van der Waals surface area (Å²) < 4.78 is 0. The lowest BCUT2D eigenvalue weighted by molar-refractivity contribution is -0.145. The largest absolute Gasteiger partial charge is 0.481 e. The lowest BCUT2D eigenvalue weighted by Gasteiger charge is -2.12. The van der Waals surface area contributed by atoms with Gasteiger partial charge in [-0.1, -0.05) is 6.92 Å². The third-order valence-corrected chi connectivity index (χ3v) is 3.47. The third-order valence-electron chi connectivity index (χ3n) is 2.33. The number of aliphatic carboxylic acids is 2. The van der Waals surface area contributed by atoms with Crippen molar-refractivity contribution < 1.29 is 24.6 Å². The molecule has 0 saturated carbocycles. The second kappa shape index (κ2) is 7.43. The summed E-state index contributed by atoms with van der Waals surface area (Å²) in [6.45, 7) is 2.15. The van der Waals surface area contributed by atoms with Crippen LogP contribution in [0.15, 0.2) is 6.20 Å². The van der Waals surface area contributed by atoms with Crippen LogP contribution < -0.4 is 10.6 Å². The van der Waals surface area contributed by atoms with E-state index in [1.807, 2.05) is 6.92 Å². The Morgan fingerprint density at radius 1 is 1.40 bits per heavy atom. The molecule has 0 spiro atoms. The van der Waals surface area contributed by atoms with E-state index in [1.54, 1.807) is 6.20 Å². The molecule has 4 N–H and O–H groups in total. The van der Waals surface area contributed by atoms with Crippen LogP contribution in [-0.4, -0.2) is 39.2 Å². The molecule has 8 nitrogen and oxygen atoms in total. The van der Waals surface area contributed by atoms with E-state index in [0.29, 0.717) is 5.01 Å². The lowest BCUT2D eigenvalue weighted by Crippen LogP contribution is -2.46. The first-order valence-electron chi connectivity index (χ1n) is 5.85. The second-order valence-corrected chi connectivity index (χ2v) is 5.09. The van der Waals surface area contributed by atoms with Gasteiger partial charge in [0.2, 0.25) is 0 Å². The SMILES string of the molecule is CCc1cnc(CNC(=O)NC(CC(=O)O)C(=O)O)s1. The van der Waals surface area contributed by atoms with Gasteiger partial charge in [-0.2, -0.15) is 0 Å². The number of hydrogen-bond acceptors (Lipinski definition) is 5. The third kappa shape index (κ3) is 5.22. The van der Waals surface area contributed by atoms with Gasteiger partial charge in [-0.05, 0) is 6.42 Å². The maximum absolute atomic E-state index is 11.5. The van der Waals surface area contributed by atoms with Crippen molar-refractivity contribution >= 4 is 29.3 Å². The average molecular weight is 301 g/mol. The molecule has 0 fully saturated rings. The van der Waals surface area contributed by atoms with Crippen LogP contribution in [0.4, 0.5) is 4.79 Å². The number of urea groups is 1. The zero-order chi connectivity index (χ0) is 15.1. The lowest BCUT2D eigenvalue weighted by atomic mass is 10.2. The number of hydrogen-bond donors (Lipinski definition) is 4. The van der Waals surface area contributed by atoms with Crippen molar-refractivity contribution in [3.05, 3.63) is 16.1 Å². The van der Waals surface area contributed by atoms with Gasteiger partial charge >= 0.3 is 18.0 Å². The molecule has 1 atom stereocenters. The molecule has 0 aliphatic carbocycles. The van der Waals surface area contributed by atoms with Crippen molar-refractivity contribution in [3.8, 4) is 0 Å². The van der Waals surface area contributed by atoms with Crippen molar-refractivity contribution in [2.75, 3.05) is 0 Å². The van der Waals surface area contributed by atoms with Crippen LogP contribution in [0.3, 0.4) is 0 Å². The molecule has 0 aromatic carbocycles. The smallest absolute Gasteiger partial charge is 0.326 e. The molecule has 0 saturated heterocycles. The van der Waals surface area contributed by atoms with Crippen LogP contribution in [-0.2, 0) is 22.6 Å². The van der Waals surface area contributed by atoms with Gasteiger partial charge in [0.05, 0.1) is 13.0 Å². The van der Waals surface area contributed by atoms with Gasteiger partial charge in [-0.25, -0.2) is 14.6 Å². The molecule has 0 aliphatic heterocycles. The summed E-state index contributed by atoms with van der Waals surface area (Å²) in [6, 6.07) is -2.21. The zero-order valence-electron chi connectivity index (χ0n) is 10.8. The Hall–Kier alpha value is -2.16. The van der Waals surface area contributed by atoms with Crippen LogP contribution in [0.5, 0.6) is 0 Å². The Bertz CT molecular complexity index is 502. The highest BCUT2D eigenvalue weighted by molar-refractivity contribution is 7.11. The van der Waals surface area contributed by atoms with E-state index in [0.717, 1.165) is 11.3 Å². The van der Waals surface area contributed by atoms with Gasteiger partial charge in [0.15, 0.2) is 0 Å². The molecule has 1 rings (SSSR count). The molecule has 1 heterocycles. The van der Waals surface area contributed by atoms with E-state index in [9.17, 15) is 14.4 Å². The first-order chi connectivity index (χ1) is 9.42. The second-order valence-electron chi connectivity index (χ2n) is 3.89. The minimum absolute atomic E-state index is 0.163. The number of carbonyl (C=O) groups is 3. The van der Waals surface area contributed by atoms with Gasteiger partial charge < -0.3 is 20.8 Å². The molecule has 20 heavy (non-hydrogen) atoms. The van der Waals surface area contributed by atoms with Gasteiger partial charge in [0.25, 0.3) is 0 Å². The zero-order valence-corrected chi connectivity index (χ0v) is 11.6. The molecule has 0 aliphatic rings. The first kappa shape index (κ1) is 15.9. The van der Waals surface area contributed by atoms with E-state index in [4.69, 9.17) is 10.2 Å². The van der Waals surface area contributed by atoms with Crippen molar-refractivity contribution in [1.82, 2.24) is 15.6 Å². The summed E-state index contributed by atoms with van der Waals surface area (Å²) in [5, 5.41) is 22.5. The number of nitrogens with one attached hydrogen (secondary N) is 2. The molecule has 110 valence electrons. The topological polar surface area (TPSA) is 129 Å². The van der Waals surface area contributed by atoms with E-state index in [1.165, 1.54) is 11.3 Å². The maximum atomic E-state index is 11.5. The van der Waals surface area contributed by atoms with Gasteiger partial charge in [-0.15, -0.1) is 11.3 Å². The minimum Gasteiger partial charge on any atom is -0.481 e. The molecule has 2 amide bonds. The number of amides is 2. The Labute approximate surface area is 118 Å². The number of nitrogens with zero attached hydrogens (tertiary/aromatic N) is 1. The number of aromatic nitrogens is 1. The standard InChI is InChI=1S/C11H15N3O5S/c1-2-6-4-12-8(20-6)5-13-11(19)14-7(10(17)18)3-9(15)16/h4,7H,2-3,5H2,1H3,(H,15,16)(H,17,18)(H2,13,14,19). The predicted octanol–water partition coefficient (Wildman–Crippen LogP) is 0.433.